The maximum absolute atomic E-state index is 13.5. The normalized spacial score (nSPS) is 13.4. The maximum atomic E-state index is 13.5. The van der Waals surface area contributed by atoms with Gasteiger partial charge in [0.2, 0.25) is 0 Å². The highest BCUT2D eigenvalue weighted by Crippen LogP contribution is 2.32. The molecule has 0 bridgehead atoms. The third-order valence-electron chi connectivity index (χ3n) is 2.50. The van der Waals surface area contributed by atoms with Crippen molar-refractivity contribution in [2.45, 2.75) is 31.5 Å². The van der Waals surface area contributed by atoms with Crippen LogP contribution in [0.3, 0.4) is 0 Å². The van der Waals surface area contributed by atoms with Crippen molar-refractivity contribution in [3.8, 4) is 5.75 Å². The lowest BCUT2D eigenvalue weighted by atomic mass is 10.0. The summed E-state index contributed by atoms with van der Waals surface area (Å²) in [5, 5.41) is 9.72. The highest BCUT2D eigenvalue weighted by Gasteiger charge is 2.27. The van der Waals surface area contributed by atoms with Crippen molar-refractivity contribution in [3.05, 3.63) is 29.6 Å². The molecular formula is C12H14F4O2. The molecule has 0 radical (unpaired) electrons. The van der Waals surface area contributed by atoms with Gasteiger partial charge < -0.3 is 9.84 Å². The second-order valence-electron chi connectivity index (χ2n) is 3.88. The number of aliphatic hydroxyl groups excluding tert-OH is 1. The minimum Gasteiger partial charge on any atom is -0.496 e. The smallest absolute Gasteiger partial charge is 0.389 e. The number of halogens is 4. The maximum Gasteiger partial charge on any atom is 0.389 e. The van der Waals surface area contributed by atoms with Crippen molar-refractivity contribution in [1.82, 2.24) is 0 Å². The summed E-state index contributed by atoms with van der Waals surface area (Å²) < 4.78 is 54.2. The number of alkyl halides is 3. The summed E-state index contributed by atoms with van der Waals surface area (Å²) >= 11 is 0. The zero-order valence-corrected chi connectivity index (χ0v) is 9.80. The third-order valence-corrected chi connectivity index (χ3v) is 2.50. The summed E-state index contributed by atoms with van der Waals surface area (Å²) in [6, 6.07) is 3.98. The van der Waals surface area contributed by atoms with Gasteiger partial charge in [0.25, 0.3) is 0 Å². The van der Waals surface area contributed by atoms with Gasteiger partial charge in [0.15, 0.2) is 0 Å². The van der Waals surface area contributed by atoms with Crippen LogP contribution in [0, 0.1) is 5.82 Å². The minimum atomic E-state index is -4.26. The van der Waals surface area contributed by atoms with E-state index in [-0.39, 0.29) is 24.2 Å². The predicted octanol–water partition coefficient (Wildman–Crippen LogP) is 3.60. The summed E-state index contributed by atoms with van der Waals surface area (Å²) in [7, 11) is 1.31. The first kappa shape index (κ1) is 14.8. The fourth-order valence-electron chi connectivity index (χ4n) is 1.66. The van der Waals surface area contributed by atoms with Gasteiger partial charge in [-0.3, -0.25) is 0 Å². The fourth-order valence-corrected chi connectivity index (χ4v) is 1.66. The first-order valence-corrected chi connectivity index (χ1v) is 5.42. The van der Waals surface area contributed by atoms with E-state index in [0.29, 0.717) is 0 Å². The Morgan fingerprint density at radius 1 is 1.33 bits per heavy atom. The van der Waals surface area contributed by atoms with E-state index in [1.54, 1.807) is 0 Å². The molecule has 0 aliphatic heterocycles. The van der Waals surface area contributed by atoms with Crippen LogP contribution in [0.25, 0.3) is 0 Å². The molecule has 1 unspecified atom stereocenters. The molecule has 0 aliphatic rings. The Bertz CT molecular complexity index is 390. The van der Waals surface area contributed by atoms with Gasteiger partial charge in [-0.15, -0.1) is 0 Å². The summed E-state index contributed by atoms with van der Waals surface area (Å²) in [6.45, 7) is 0. The molecule has 0 spiro atoms. The minimum absolute atomic E-state index is 0.0952. The second kappa shape index (κ2) is 6.04. The number of hydrogen-bond acceptors (Lipinski definition) is 2. The van der Waals surface area contributed by atoms with Crippen molar-refractivity contribution < 1.29 is 27.4 Å². The number of methoxy groups -OCH3 is 1. The van der Waals surface area contributed by atoms with Crippen molar-refractivity contribution in [2.24, 2.45) is 0 Å². The molecule has 0 saturated carbocycles. The quantitative estimate of drug-likeness (QED) is 0.825. The Kier molecular flexibility index (Phi) is 4.95. The van der Waals surface area contributed by atoms with Crippen LogP contribution < -0.4 is 4.74 Å². The van der Waals surface area contributed by atoms with Crippen LogP contribution in [0.4, 0.5) is 17.6 Å². The van der Waals surface area contributed by atoms with Gasteiger partial charge in [-0.1, -0.05) is 6.07 Å². The molecular weight excluding hydrogens is 252 g/mol. The lowest BCUT2D eigenvalue weighted by Crippen LogP contribution is -2.09. The average molecular weight is 266 g/mol. The number of aliphatic hydroxyl groups is 1. The summed E-state index contributed by atoms with van der Waals surface area (Å²) in [6.07, 6.45) is -7.00. The Hall–Kier alpha value is -1.30. The number of ether oxygens (including phenoxy) is 1. The Morgan fingerprint density at radius 2 is 2.00 bits per heavy atom. The summed E-state index contributed by atoms with van der Waals surface area (Å²) in [5.41, 5.74) is -0.0952. The molecule has 6 heteroatoms. The average Bonchev–Trinajstić information content (AvgIpc) is 2.26. The predicted molar refractivity (Wildman–Crippen MR) is 57.8 cm³/mol. The van der Waals surface area contributed by atoms with Gasteiger partial charge in [-0.25, -0.2) is 4.39 Å². The van der Waals surface area contributed by atoms with Gasteiger partial charge in [-0.05, 0) is 25.0 Å². The first-order valence-electron chi connectivity index (χ1n) is 5.42. The van der Waals surface area contributed by atoms with Crippen LogP contribution in [0.2, 0.25) is 0 Å². The Morgan fingerprint density at radius 3 is 2.56 bits per heavy atom. The molecule has 1 atom stereocenters. The zero-order valence-electron chi connectivity index (χ0n) is 9.80. The van der Waals surface area contributed by atoms with Gasteiger partial charge in [0.1, 0.15) is 11.6 Å². The molecule has 0 fully saturated rings. The van der Waals surface area contributed by atoms with Crippen LogP contribution in [-0.2, 0) is 0 Å². The Labute approximate surface area is 102 Å². The number of hydrogen-bond donors (Lipinski definition) is 1. The lowest BCUT2D eigenvalue weighted by molar-refractivity contribution is -0.136. The van der Waals surface area contributed by atoms with Crippen molar-refractivity contribution in [3.63, 3.8) is 0 Å². The molecule has 18 heavy (non-hydrogen) atoms. The lowest BCUT2D eigenvalue weighted by Gasteiger charge is -2.15. The van der Waals surface area contributed by atoms with Gasteiger partial charge in [0.05, 0.1) is 18.8 Å². The van der Waals surface area contributed by atoms with E-state index in [2.05, 4.69) is 0 Å². The molecule has 0 aromatic heterocycles. The molecule has 1 N–H and O–H groups in total. The van der Waals surface area contributed by atoms with Crippen LogP contribution >= 0.6 is 0 Å². The molecule has 1 rings (SSSR count). The fraction of sp³-hybridized carbons (Fsp3) is 0.500. The van der Waals surface area contributed by atoms with Gasteiger partial charge in [-0.2, -0.15) is 13.2 Å². The second-order valence-corrected chi connectivity index (χ2v) is 3.88. The van der Waals surface area contributed by atoms with Crippen LogP contribution in [0.5, 0.6) is 5.75 Å². The van der Waals surface area contributed by atoms with Crippen LogP contribution in [0.15, 0.2) is 18.2 Å². The van der Waals surface area contributed by atoms with E-state index >= 15 is 0 Å². The molecule has 0 amide bonds. The topological polar surface area (TPSA) is 29.5 Å². The van der Waals surface area contributed by atoms with Crippen LogP contribution in [0.1, 0.15) is 30.9 Å². The highest BCUT2D eigenvalue weighted by molar-refractivity contribution is 5.36. The van der Waals surface area contributed by atoms with Crippen LogP contribution in [-0.4, -0.2) is 18.4 Å². The highest BCUT2D eigenvalue weighted by atomic mass is 19.4. The van der Waals surface area contributed by atoms with E-state index in [0.717, 1.165) is 6.07 Å². The van der Waals surface area contributed by atoms with E-state index in [1.165, 1.54) is 19.2 Å². The monoisotopic (exact) mass is 266 g/mol. The molecule has 0 heterocycles. The number of benzene rings is 1. The molecule has 0 saturated heterocycles. The van der Waals surface area contributed by atoms with E-state index in [9.17, 15) is 22.7 Å². The third kappa shape index (κ3) is 4.18. The zero-order chi connectivity index (χ0) is 13.8. The molecule has 102 valence electrons. The Balaban J connectivity index is 2.69. The molecule has 1 aromatic carbocycles. The van der Waals surface area contributed by atoms with E-state index in [4.69, 9.17) is 4.74 Å². The summed E-state index contributed by atoms with van der Waals surface area (Å²) in [5.74, 6) is -0.552. The SMILES string of the molecule is COc1cccc(F)c1C(O)CCCC(F)(F)F. The van der Waals surface area contributed by atoms with Crippen molar-refractivity contribution >= 4 is 0 Å². The molecule has 0 aliphatic carbocycles. The molecule has 1 aromatic rings. The molecule has 2 nitrogen and oxygen atoms in total. The number of rotatable bonds is 5. The van der Waals surface area contributed by atoms with E-state index in [1.807, 2.05) is 0 Å². The van der Waals surface area contributed by atoms with Crippen molar-refractivity contribution in [2.75, 3.05) is 7.11 Å². The van der Waals surface area contributed by atoms with Gasteiger partial charge >= 0.3 is 6.18 Å². The van der Waals surface area contributed by atoms with E-state index < -0.39 is 24.5 Å². The summed E-state index contributed by atoms with van der Waals surface area (Å²) in [4.78, 5) is 0. The standard InChI is InChI=1S/C12H14F4O2/c1-18-10-6-2-4-8(13)11(10)9(17)5-3-7-12(14,15)16/h2,4,6,9,17H,3,5,7H2,1H3. The van der Waals surface area contributed by atoms with Crippen molar-refractivity contribution in [1.29, 1.82) is 0 Å². The first-order chi connectivity index (χ1) is 8.35. The van der Waals surface area contributed by atoms with Gasteiger partial charge in [0, 0.05) is 6.42 Å². The largest absolute Gasteiger partial charge is 0.496 e.